The maximum absolute atomic E-state index is 12.4. The van der Waals surface area contributed by atoms with E-state index in [9.17, 15) is 9.90 Å². The average molecular weight is 397 g/mol. The summed E-state index contributed by atoms with van der Waals surface area (Å²) in [5, 5.41) is 21.9. The Morgan fingerprint density at radius 1 is 1.41 bits per heavy atom. The van der Waals surface area contributed by atoms with E-state index in [1.54, 1.807) is 30.3 Å². The highest BCUT2D eigenvalue weighted by Gasteiger charge is 2.20. The average Bonchev–Trinajstić information content (AvgIpc) is 3.21. The zero-order chi connectivity index (χ0) is 20.6. The molecule has 1 amide bonds. The summed E-state index contributed by atoms with van der Waals surface area (Å²) in [6.07, 6.45) is 3.10. The Hall–Kier alpha value is -2.82. The van der Waals surface area contributed by atoms with Crippen molar-refractivity contribution in [1.82, 2.24) is 10.2 Å². The molecule has 2 aromatic rings. The van der Waals surface area contributed by atoms with Gasteiger partial charge >= 0.3 is 0 Å². The predicted octanol–water partition coefficient (Wildman–Crippen LogP) is 2.55. The Morgan fingerprint density at radius 3 is 2.97 bits per heavy atom. The Bertz CT molecular complexity index is 850. The number of hydrogen-bond donors (Lipinski definition) is 2. The Kier molecular flexibility index (Phi) is 7.28. The molecule has 2 heterocycles. The van der Waals surface area contributed by atoms with Crippen LogP contribution >= 0.6 is 0 Å². The van der Waals surface area contributed by atoms with Crippen molar-refractivity contribution in [2.45, 2.75) is 32.5 Å². The minimum Gasteiger partial charge on any atom is -0.489 e. The van der Waals surface area contributed by atoms with Gasteiger partial charge in [-0.25, -0.2) is 0 Å². The van der Waals surface area contributed by atoms with E-state index in [1.807, 2.05) is 0 Å². The SMILES string of the molecule is CC1CCN(CC(O)CNC(=O)c2occc2COc2cccc(C#N)c2)CC1. The van der Waals surface area contributed by atoms with Gasteiger partial charge in [-0.2, -0.15) is 5.26 Å². The molecular formula is C22H27N3O4. The molecule has 29 heavy (non-hydrogen) atoms. The highest BCUT2D eigenvalue weighted by atomic mass is 16.5. The molecule has 1 saturated heterocycles. The van der Waals surface area contributed by atoms with Gasteiger partial charge < -0.3 is 24.5 Å². The van der Waals surface area contributed by atoms with Crippen molar-refractivity contribution in [3.05, 3.63) is 53.5 Å². The molecule has 1 atom stereocenters. The fourth-order valence-corrected chi connectivity index (χ4v) is 3.36. The first-order valence-electron chi connectivity index (χ1n) is 9.93. The van der Waals surface area contributed by atoms with Crippen LogP contribution in [0.4, 0.5) is 0 Å². The zero-order valence-corrected chi connectivity index (χ0v) is 16.6. The van der Waals surface area contributed by atoms with Gasteiger partial charge in [-0.1, -0.05) is 13.0 Å². The molecule has 1 aliphatic heterocycles. The number of nitrogens with zero attached hydrogens (tertiary/aromatic N) is 2. The Labute approximate surface area is 170 Å². The van der Waals surface area contributed by atoms with E-state index in [-0.39, 0.29) is 24.8 Å². The smallest absolute Gasteiger partial charge is 0.287 e. The molecule has 1 aromatic carbocycles. The first-order chi connectivity index (χ1) is 14.0. The first-order valence-corrected chi connectivity index (χ1v) is 9.93. The van der Waals surface area contributed by atoms with Crippen LogP contribution in [0.25, 0.3) is 0 Å². The van der Waals surface area contributed by atoms with Crippen LogP contribution in [0.5, 0.6) is 5.75 Å². The fourth-order valence-electron chi connectivity index (χ4n) is 3.36. The third kappa shape index (κ3) is 6.08. The molecule has 0 saturated carbocycles. The van der Waals surface area contributed by atoms with Gasteiger partial charge in [0, 0.05) is 18.7 Å². The van der Waals surface area contributed by atoms with Gasteiger partial charge in [0.05, 0.1) is 24.0 Å². The maximum atomic E-state index is 12.4. The summed E-state index contributed by atoms with van der Waals surface area (Å²) in [5.74, 6) is 1.07. The normalized spacial score (nSPS) is 16.2. The van der Waals surface area contributed by atoms with E-state index in [2.05, 4.69) is 23.2 Å². The second-order valence-corrected chi connectivity index (χ2v) is 7.55. The molecule has 0 aliphatic carbocycles. The third-order valence-corrected chi connectivity index (χ3v) is 5.15. The second-order valence-electron chi connectivity index (χ2n) is 7.55. The van der Waals surface area contributed by atoms with Gasteiger partial charge in [-0.3, -0.25) is 4.79 Å². The van der Waals surface area contributed by atoms with Crippen molar-refractivity contribution in [2.24, 2.45) is 5.92 Å². The van der Waals surface area contributed by atoms with Gasteiger partial charge in [0.15, 0.2) is 5.76 Å². The molecule has 3 rings (SSSR count). The van der Waals surface area contributed by atoms with Gasteiger partial charge in [-0.05, 0) is 56.1 Å². The number of nitrogens with one attached hydrogen (secondary N) is 1. The van der Waals surface area contributed by atoms with Crippen LogP contribution in [-0.4, -0.2) is 48.2 Å². The summed E-state index contributed by atoms with van der Waals surface area (Å²) in [5.41, 5.74) is 1.11. The molecule has 1 aromatic heterocycles. The third-order valence-electron chi connectivity index (χ3n) is 5.15. The van der Waals surface area contributed by atoms with Crippen LogP contribution in [-0.2, 0) is 6.61 Å². The Balaban J connectivity index is 1.47. The minimum atomic E-state index is -0.629. The van der Waals surface area contributed by atoms with Crippen LogP contribution in [0, 0.1) is 17.2 Å². The number of aliphatic hydroxyl groups excluding tert-OH is 1. The van der Waals surface area contributed by atoms with Crippen LogP contribution in [0.2, 0.25) is 0 Å². The lowest BCUT2D eigenvalue weighted by atomic mass is 9.99. The van der Waals surface area contributed by atoms with Crippen molar-refractivity contribution < 1.29 is 19.1 Å². The number of carbonyl (C=O) groups is 1. The number of aliphatic hydroxyl groups is 1. The molecule has 1 fully saturated rings. The van der Waals surface area contributed by atoms with E-state index in [1.165, 1.54) is 6.26 Å². The van der Waals surface area contributed by atoms with Crippen LogP contribution < -0.4 is 10.1 Å². The molecule has 1 aliphatic rings. The summed E-state index contributed by atoms with van der Waals surface area (Å²) in [4.78, 5) is 14.7. The molecular weight excluding hydrogens is 370 g/mol. The van der Waals surface area contributed by atoms with Crippen molar-refractivity contribution in [1.29, 1.82) is 5.26 Å². The van der Waals surface area contributed by atoms with Crippen LogP contribution in [0.3, 0.4) is 0 Å². The lowest BCUT2D eigenvalue weighted by molar-refractivity contribution is 0.0777. The molecule has 0 spiro atoms. The van der Waals surface area contributed by atoms with Gasteiger partial charge in [0.25, 0.3) is 5.91 Å². The summed E-state index contributed by atoms with van der Waals surface area (Å²) in [6.45, 7) is 5.08. The summed E-state index contributed by atoms with van der Waals surface area (Å²) < 4.78 is 11.0. The second kappa shape index (κ2) is 10.1. The highest BCUT2D eigenvalue weighted by molar-refractivity contribution is 5.92. The molecule has 0 radical (unpaired) electrons. The largest absolute Gasteiger partial charge is 0.489 e. The number of rotatable bonds is 8. The predicted molar refractivity (Wildman–Crippen MR) is 107 cm³/mol. The molecule has 2 N–H and O–H groups in total. The standard InChI is InChI=1S/C22H27N3O4/c1-16-5-8-25(9-6-16)14-19(26)13-24-22(27)21-18(7-10-28-21)15-29-20-4-2-3-17(11-20)12-23/h2-4,7,10-11,16,19,26H,5-6,8-9,13-15H2,1H3,(H,24,27). The monoisotopic (exact) mass is 397 g/mol. The number of likely N-dealkylation sites (tertiary alicyclic amines) is 1. The first kappa shape index (κ1) is 20.9. The van der Waals surface area contributed by atoms with Crippen LogP contribution in [0.1, 0.15) is 41.4 Å². The summed E-state index contributed by atoms with van der Waals surface area (Å²) >= 11 is 0. The summed E-state index contributed by atoms with van der Waals surface area (Å²) in [7, 11) is 0. The minimum absolute atomic E-state index is 0.142. The maximum Gasteiger partial charge on any atom is 0.287 e. The van der Waals surface area contributed by atoms with Gasteiger partial charge in [-0.15, -0.1) is 0 Å². The molecule has 0 bridgehead atoms. The van der Waals surface area contributed by atoms with Crippen LogP contribution in [0.15, 0.2) is 41.0 Å². The van der Waals surface area contributed by atoms with E-state index < -0.39 is 6.10 Å². The number of hydrogen-bond acceptors (Lipinski definition) is 6. The molecule has 154 valence electrons. The molecule has 7 heteroatoms. The number of amides is 1. The number of nitriles is 1. The van der Waals surface area contributed by atoms with Crippen molar-refractivity contribution >= 4 is 5.91 Å². The topological polar surface area (TPSA) is 98.7 Å². The van der Waals surface area contributed by atoms with E-state index in [0.29, 0.717) is 23.4 Å². The van der Waals surface area contributed by atoms with E-state index >= 15 is 0 Å². The molecule has 7 nitrogen and oxygen atoms in total. The lowest BCUT2D eigenvalue weighted by Gasteiger charge is -2.31. The quantitative estimate of drug-likeness (QED) is 0.710. The number of benzene rings is 1. The van der Waals surface area contributed by atoms with Crippen molar-refractivity contribution in [2.75, 3.05) is 26.2 Å². The fraction of sp³-hybridized carbons (Fsp3) is 0.455. The summed E-state index contributed by atoms with van der Waals surface area (Å²) in [6, 6.07) is 10.5. The van der Waals surface area contributed by atoms with E-state index in [4.69, 9.17) is 14.4 Å². The number of piperidine rings is 1. The highest BCUT2D eigenvalue weighted by Crippen LogP contribution is 2.18. The van der Waals surface area contributed by atoms with Gasteiger partial charge in [0.2, 0.25) is 0 Å². The lowest BCUT2D eigenvalue weighted by Crippen LogP contribution is -2.43. The zero-order valence-electron chi connectivity index (χ0n) is 16.6. The number of β-amino-alcohol motifs (C(OH)–C–C–N with tert-alkyl or cyclic N) is 1. The number of furan rings is 1. The molecule has 1 unspecified atom stereocenters. The van der Waals surface area contributed by atoms with Gasteiger partial charge in [0.1, 0.15) is 12.4 Å². The van der Waals surface area contributed by atoms with E-state index in [0.717, 1.165) is 31.8 Å². The number of ether oxygens (including phenoxy) is 1. The van der Waals surface area contributed by atoms with Crippen molar-refractivity contribution in [3.63, 3.8) is 0 Å². The Morgan fingerprint density at radius 2 is 2.21 bits per heavy atom. The number of carbonyl (C=O) groups excluding carboxylic acids is 1. The van der Waals surface area contributed by atoms with Crippen molar-refractivity contribution in [3.8, 4) is 11.8 Å².